The first kappa shape index (κ1) is 16.4. The van der Waals surface area contributed by atoms with Crippen LogP contribution in [0.3, 0.4) is 0 Å². The Morgan fingerprint density at radius 1 is 1.43 bits per heavy atom. The second-order valence-electron chi connectivity index (χ2n) is 5.04. The van der Waals surface area contributed by atoms with Gasteiger partial charge in [0.2, 0.25) is 5.91 Å². The summed E-state index contributed by atoms with van der Waals surface area (Å²) in [5, 5.41) is 6.91. The Morgan fingerprint density at radius 2 is 2.29 bits per heavy atom. The molecule has 2 aliphatic heterocycles. The lowest BCUT2D eigenvalue weighted by atomic mass is 10.1. The zero-order chi connectivity index (χ0) is 13.9. The molecule has 1 aromatic carbocycles. The van der Waals surface area contributed by atoms with Gasteiger partial charge >= 0.3 is 0 Å². The van der Waals surface area contributed by atoms with E-state index >= 15 is 0 Å². The van der Waals surface area contributed by atoms with E-state index in [1.54, 1.807) is 6.07 Å². The molecule has 2 aliphatic rings. The summed E-state index contributed by atoms with van der Waals surface area (Å²) in [6, 6.07) is 5.43. The van der Waals surface area contributed by atoms with Crippen molar-refractivity contribution in [2.75, 3.05) is 26.4 Å². The lowest BCUT2D eigenvalue weighted by Gasteiger charge is -2.23. The molecule has 3 rings (SSSR count). The van der Waals surface area contributed by atoms with Gasteiger partial charge in [0.15, 0.2) is 0 Å². The van der Waals surface area contributed by atoms with Gasteiger partial charge in [-0.25, -0.2) is 0 Å². The largest absolute Gasteiger partial charge is 0.491 e. The Labute approximate surface area is 134 Å². The normalized spacial score (nSPS) is 23.7. The molecular formula is C14H18Cl2N2O3. The number of hydrogen-bond acceptors (Lipinski definition) is 4. The van der Waals surface area contributed by atoms with E-state index in [2.05, 4.69) is 10.6 Å². The lowest BCUT2D eigenvalue weighted by Crippen LogP contribution is -2.44. The number of halogens is 2. The third-order valence-electron chi connectivity index (χ3n) is 3.52. The fourth-order valence-corrected chi connectivity index (χ4v) is 2.71. The summed E-state index contributed by atoms with van der Waals surface area (Å²) in [6.45, 7) is 2.54. The van der Waals surface area contributed by atoms with Crippen LogP contribution in [0.2, 0.25) is 5.02 Å². The first-order chi connectivity index (χ1) is 9.72. The molecule has 5 nitrogen and oxygen atoms in total. The van der Waals surface area contributed by atoms with E-state index in [1.165, 1.54) is 0 Å². The zero-order valence-corrected chi connectivity index (χ0v) is 13.0. The number of nitrogens with one attached hydrogen (secondary N) is 2. The Kier molecular flexibility index (Phi) is 5.70. The fraction of sp³-hybridized carbons (Fsp3) is 0.500. The van der Waals surface area contributed by atoms with E-state index < -0.39 is 0 Å². The van der Waals surface area contributed by atoms with Crippen molar-refractivity contribution in [1.29, 1.82) is 0 Å². The van der Waals surface area contributed by atoms with Crippen LogP contribution in [0.15, 0.2) is 18.2 Å². The van der Waals surface area contributed by atoms with Crippen LogP contribution in [-0.2, 0) is 9.53 Å². The molecule has 0 aromatic heterocycles. The second kappa shape index (κ2) is 7.31. The van der Waals surface area contributed by atoms with Crippen LogP contribution < -0.4 is 15.4 Å². The SMILES string of the molecule is Cl.O=C(CC1COCCN1)NC1COc2ccc(Cl)cc21. The quantitative estimate of drug-likeness (QED) is 0.884. The number of morpholine rings is 1. The molecule has 0 spiro atoms. The van der Waals surface area contributed by atoms with Crippen molar-refractivity contribution >= 4 is 29.9 Å². The third kappa shape index (κ3) is 4.01. The molecule has 0 radical (unpaired) electrons. The van der Waals surface area contributed by atoms with Gasteiger partial charge in [-0.1, -0.05) is 11.6 Å². The van der Waals surface area contributed by atoms with Gasteiger partial charge in [0, 0.05) is 29.6 Å². The van der Waals surface area contributed by atoms with Crippen LogP contribution >= 0.6 is 24.0 Å². The molecule has 2 unspecified atom stereocenters. The highest BCUT2D eigenvalue weighted by atomic mass is 35.5. The molecule has 2 atom stereocenters. The number of fused-ring (bicyclic) bond motifs is 1. The number of benzene rings is 1. The van der Waals surface area contributed by atoms with Crippen molar-refractivity contribution < 1.29 is 14.3 Å². The van der Waals surface area contributed by atoms with Crippen molar-refractivity contribution in [2.45, 2.75) is 18.5 Å². The first-order valence-corrected chi connectivity index (χ1v) is 7.13. The molecule has 2 N–H and O–H groups in total. The van der Waals surface area contributed by atoms with E-state index in [4.69, 9.17) is 21.1 Å². The molecule has 1 saturated heterocycles. The van der Waals surface area contributed by atoms with Crippen LogP contribution in [0.1, 0.15) is 18.0 Å². The summed E-state index contributed by atoms with van der Waals surface area (Å²) in [5.41, 5.74) is 0.943. The highest BCUT2D eigenvalue weighted by Crippen LogP contribution is 2.34. The van der Waals surface area contributed by atoms with Crippen LogP contribution in [0.25, 0.3) is 0 Å². The van der Waals surface area contributed by atoms with Gasteiger partial charge in [0.1, 0.15) is 12.4 Å². The van der Waals surface area contributed by atoms with E-state index in [9.17, 15) is 4.79 Å². The van der Waals surface area contributed by atoms with Crippen molar-refractivity contribution in [1.82, 2.24) is 10.6 Å². The van der Waals surface area contributed by atoms with Crippen LogP contribution in [0.5, 0.6) is 5.75 Å². The van der Waals surface area contributed by atoms with Crippen molar-refractivity contribution in [3.8, 4) is 5.75 Å². The first-order valence-electron chi connectivity index (χ1n) is 6.75. The van der Waals surface area contributed by atoms with Crippen LogP contribution in [-0.4, -0.2) is 38.3 Å². The number of carbonyl (C=O) groups is 1. The van der Waals surface area contributed by atoms with Crippen molar-refractivity contribution in [3.05, 3.63) is 28.8 Å². The fourth-order valence-electron chi connectivity index (χ4n) is 2.53. The van der Waals surface area contributed by atoms with E-state index in [0.717, 1.165) is 17.9 Å². The maximum atomic E-state index is 12.1. The number of hydrogen-bond donors (Lipinski definition) is 2. The Balaban J connectivity index is 0.00000161. The Hall–Kier alpha value is -1.01. The standard InChI is InChI=1S/C14H17ClN2O3.ClH/c15-9-1-2-13-11(5-9)12(8-20-13)17-14(18)6-10-7-19-4-3-16-10;/h1-2,5,10,12,16H,3-4,6-8H2,(H,17,18);1H. The van der Waals surface area contributed by atoms with Gasteiger partial charge in [-0.05, 0) is 18.2 Å². The highest BCUT2D eigenvalue weighted by Gasteiger charge is 2.27. The van der Waals surface area contributed by atoms with Gasteiger partial charge in [-0.2, -0.15) is 0 Å². The predicted octanol–water partition coefficient (Wildman–Crippen LogP) is 1.69. The Morgan fingerprint density at radius 3 is 3.05 bits per heavy atom. The summed E-state index contributed by atoms with van der Waals surface area (Å²) in [7, 11) is 0. The number of amides is 1. The lowest BCUT2D eigenvalue weighted by molar-refractivity contribution is -0.123. The van der Waals surface area contributed by atoms with E-state index in [1.807, 2.05) is 12.1 Å². The summed E-state index contributed by atoms with van der Waals surface area (Å²) in [6.07, 6.45) is 0.409. The molecule has 2 heterocycles. The minimum absolute atomic E-state index is 0. The van der Waals surface area contributed by atoms with Gasteiger partial charge in [0.05, 0.1) is 19.3 Å². The highest BCUT2D eigenvalue weighted by molar-refractivity contribution is 6.30. The predicted molar refractivity (Wildman–Crippen MR) is 82.3 cm³/mol. The third-order valence-corrected chi connectivity index (χ3v) is 3.75. The van der Waals surface area contributed by atoms with Gasteiger partial charge < -0.3 is 20.1 Å². The van der Waals surface area contributed by atoms with Gasteiger partial charge in [0.25, 0.3) is 0 Å². The van der Waals surface area contributed by atoms with E-state index in [0.29, 0.717) is 31.3 Å². The smallest absolute Gasteiger partial charge is 0.222 e. The van der Waals surface area contributed by atoms with Crippen LogP contribution in [0.4, 0.5) is 0 Å². The summed E-state index contributed by atoms with van der Waals surface area (Å²) < 4.78 is 10.9. The second-order valence-corrected chi connectivity index (χ2v) is 5.48. The molecular weight excluding hydrogens is 315 g/mol. The molecule has 0 aliphatic carbocycles. The number of ether oxygens (including phenoxy) is 2. The zero-order valence-electron chi connectivity index (χ0n) is 11.4. The molecule has 0 bridgehead atoms. The summed E-state index contributed by atoms with van der Waals surface area (Å²) >= 11 is 5.99. The van der Waals surface area contributed by atoms with Crippen LogP contribution in [0, 0.1) is 0 Å². The average molecular weight is 333 g/mol. The molecule has 1 aromatic rings. The number of rotatable bonds is 3. The molecule has 0 saturated carbocycles. The molecule has 1 fully saturated rings. The van der Waals surface area contributed by atoms with Gasteiger partial charge in [-0.15, -0.1) is 12.4 Å². The van der Waals surface area contributed by atoms with Crippen molar-refractivity contribution in [2.24, 2.45) is 0 Å². The molecule has 1 amide bonds. The van der Waals surface area contributed by atoms with Crippen molar-refractivity contribution in [3.63, 3.8) is 0 Å². The molecule has 21 heavy (non-hydrogen) atoms. The topological polar surface area (TPSA) is 59.6 Å². The maximum absolute atomic E-state index is 12.1. The maximum Gasteiger partial charge on any atom is 0.222 e. The minimum Gasteiger partial charge on any atom is -0.491 e. The summed E-state index contributed by atoms with van der Waals surface area (Å²) in [4.78, 5) is 12.1. The van der Waals surface area contributed by atoms with Gasteiger partial charge in [-0.3, -0.25) is 4.79 Å². The van der Waals surface area contributed by atoms with E-state index in [-0.39, 0.29) is 30.4 Å². The summed E-state index contributed by atoms with van der Waals surface area (Å²) in [5.74, 6) is 0.785. The average Bonchev–Trinajstić information content (AvgIpc) is 2.82. The minimum atomic E-state index is -0.124. The monoisotopic (exact) mass is 332 g/mol. The molecule has 116 valence electrons. The molecule has 7 heteroatoms. The number of carbonyl (C=O) groups excluding carboxylic acids is 1. The Bertz CT molecular complexity index is 507.